The first-order chi connectivity index (χ1) is 6.22. The van der Waals surface area contributed by atoms with Gasteiger partial charge in [-0.15, -0.1) is 11.8 Å². The predicted molar refractivity (Wildman–Crippen MR) is 60.1 cm³/mol. The molecule has 1 aromatic carbocycles. The van der Waals surface area contributed by atoms with Gasteiger partial charge >= 0.3 is 0 Å². The molecular weight excluding hydrogens is 203 g/mol. The number of thiol groups is 1. The van der Waals surface area contributed by atoms with E-state index < -0.39 is 0 Å². The maximum absolute atomic E-state index is 12.7. The average molecular weight is 214 g/mol. The van der Waals surface area contributed by atoms with Gasteiger partial charge in [-0.05, 0) is 18.2 Å². The Morgan fingerprint density at radius 3 is 2.92 bits per heavy atom. The zero-order valence-electron chi connectivity index (χ0n) is 7.16. The summed E-state index contributed by atoms with van der Waals surface area (Å²) in [5, 5.41) is 0. The summed E-state index contributed by atoms with van der Waals surface area (Å²) in [5.41, 5.74) is 1.05. The number of thioether (sulfide) groups is 1. The van der Waals surface area contributed by atoms with Gasteiger partial charge in [0.05, 0.1) is 0 Å². The van der Waals surface area contributed by atoms with Crippen LogP contribution in [0.1, 0.15) is 0 Å². The Morgan fingerprint density at radius 1 is 1.54 bits per heavy atom. The van der Waals surface area contributed by atoms with Crippen molar-refractivity contribution in [2.45, 2.75) is 4.90 Å². The fourth-order valence-electron chi connectivity index (χ4n) is 0.788. The van der Waals surface area contributed by atoms with E-state index in [1.807, 2.05) is 6.07 Å². The molecule has 0 aromatic heterocycles. The summed E-state index contributed by atoms with van der Waals surface area (Å²) in [7, 11) is 0. The maximum atomic E-state index is 12.7. The number of hydrogen-bond donors (Lipinski definition) is 1. The monoisotopic (exact) mass is 214 g/mol. The molecule has 0 amide bonds. The van der Waals surface area contributed by atoms with Crippen molar-refractivity contribution in [3.63, 3.8) is 0 Å². The van der Waals surface area contributed by atoms with Gasteiger partial charge in [-0.1, -0.05) is 18.2 Å². The lowest BCUT2D eigenvalue weighted by atomic mass is 10.3. The minimum absolute atomic E-state index is 0.193. The van der Waals surface area contributed by atoms with Crippen LogP contribution in [0.25, 0.3) is 0 Å². The van der Waals surface area contributed by atoms with Gasteiger partial charge in [-0.2, -0.15) is 12.6 Å². The summed E-state index contributed by atoms with van der Waals surface area (Å²) < 4.78 is 12.7. The second kappa shape index (κ2) is 5.35. The van der Waals surface area contributed by atoms with Crippen molar-refractivity contribution < 1.29 is 4.39 Å². The molecule has 13 heavy (non-hydrogen) atoms. The van der Waals surface area contributed by atoms with E-state index in [-0.39, 0.29) is 5.82 Å². The van der Waals surface area contributed by atoms with Crippen LogP contribution in [0.15, 0.2) is 41.3 Å². The van der Waals surface area contributed by atoms with Gasteiger partial charge in [0, 0.05) is 16.4 Å². The molecule has 0 bridgehead atoms. The van der Waals surface area contributed by atoms with E-state index in [4.69, 9.17) is 0 Å². The van der Waals surface area contributed by atoms with Gasteiger partial charge in [0.2, 0.25) is 0 Å². The maximum Gasteiger partial charge on any atom is 0.124 e. The molecule has 0 saturated carbocycles. The van der Waals surface area contributed by atoms with Crippen molar-refractivity contribution in [2.75, 3.05) is 11.5 Å². The van der Waals surface area contributed by atoms with Crippen LogP contribution >= 0.6 is 24.4 Å². The Bertz CT molecular complexity index is 297. The lowest BCUT2D eigenvalue weighted by Gasteiger charge is -2.01. The molecule has 70 valence electrons. The second-order valence-corrected chi connectivity index (χ2v) is 4.02. The topological polar surface area (TPSA) is 0 Å². The predicted octanol–water partition coefficient (Wildman–Crippen LogP) is 3.40. The van der Waals surface area contributed by atoms with Gasteiger partial charge in [-0.3, -0.25) is 0 Å². The van der Waals surface area contributed by atoms with Crippen molar-refractivity contribution in [2.24, 2.45) is 0 Å². The molecule has 3 heteroatoms. The summed E-state index contributed by atoms with van der Waals surface area (Å²) >= 11 is 5.67. The molecule has 0 spiro atoms. The Morgan fingerprint density at radius 2 is 2.31 bits per heavy atom. The Labute approximate surface area is 87.6 Å². The highest BCUT2D eigenvalue weighted by Gasteiger charge is 1.97. The van der Waals surface area contributed by atoms with Crippen LogP contribution in [-0.4, -0.2) is 11.5 Å². The minimum atomic E-state index is -0.193. The molecule has 0 unspecified atom stereocenters. The molecule has 0 aliphatic carbocycles. The largest absolute Gasteiger partial charge is 0.207 e. The summed E-state index contributed by atoms with van der Waals surface area (Å²) in [6, 6.07) is 6.56. The quantitative estimate of drug-likeness (QED) is 0.455. The molecule has 1 aromatic rings. The molecule has 0 saturated heterocycles. The standard InChI is InChI=1S/C10H11FS2/c1-8(6-12)7-13-10-4-2-3-9(11)5-10/h2-5,12H,1,6-7H2. The summed E-state index contributed by atoms with van der Waals surface area (Å²) in [4.78, 5) is 0.933. The normalized spacial score (nSPS) is 10.0. The van der Waals surface area contributed by atoms with E-state index in [0.29, 0.717) is 5.75 Å². The Kier molecular flexibility index (Phi) is 4.39. The third kappa shape index (κ3) is 3.87. The van der Waals surface area contributed by atoms with Crippen molar-refractivity contribution in [1.82, 2.24) is 0 Å². The van der Waals surface area contributed by atoms with E-state index in [0.717, 1.165) is 16.2 Å². The highest BCUT2D eigenvalue weighted by atomic mass is 32.2. The van der Waals surface area contributed by atoms with Crippen molar-refractivity contribution in [3.05, 3.63) is 42.2 Å². The zero-order chi connectivity index (χ0) is 9.68. The number of halogens is 1. The van der Waals surface area contributed by atoms with E-state index in [1.165, 1.54) is 12.1 Å². The van der Waals surface area contributed by atoms with E-state index >= 15 is 0 Å². The average Bonchev–Trinajstić information content (AvgIpc) is 2.14. The fourth-order valence-corrected chi connectivity index (χ4v) is 1.89. The zero-order valence-corrected chi connectivity index (χ0v) is 8.88. The first-order valence-corrected chi connectivity index (χ1v) is 5.50. The van der Waals surface area contributed by atoms with Gasteiger partial charge in [0.15, 0.2) is 0 Å². The molecule has 0 aliphatic heterocycles. The fraction of sp³-hybridized carbons (Fsp3) is 0.200. The molecule has 0 heterocycles. The van der Waals surface area contributed by atoms with Crippen LogP contribution in [0.5, 0.6) is 0 Å². The lowest BCUT2D eigenvalue weighted by molar-refractivity contribution is 0.624. The first-order valence-electron chi connectivity index (χ1n) is 3.88. The molecule has 0 nitrogen and oxygen atoms in total. The third-order valence-electron chi connectivity index (χ3n) is 1.46. The highest BCUT2D eigenvalue weighted by molar-refractivity contribution is 7.99. The Hall–Kier alpha value is -0.410. The summed E-state index contributed by atoms with van der Waals surface area (Å²) in [5.74, 6) is 1.29. The molecule has 0 N–H and O–H groups in total. The van der Waals surface area contributed by atoms with Crippen LogP contribution < -0.4 is 0 Å². The van der Waals surface area contributed by atoms with Crippen molar-refractivity contribution in [1.29, 1.82) is 0 Å². The molecule has 0 aliphatic rings. The second-order valence-electron chi connectivity index (χ2n) is 2.65. The van der Waals surface area contributed by atoms with Crippen molar-refractivity contribution >= 4 is 24.4 Å². The molecular formula is C10H11FS2. The molecule has 0 fully saturated rings. The van der Waals surface area contributed by atoms with Crippen LogP contribution in [-0.2, 0) is 0 Å². The molecule has 0 radical (unpaired) electrons. The molecule has 0 atom stereocenters. The smallest absolute Gasteiger partial charge is 0.124 e. The first kappa shape index (κ1) is 10.7. The van der Waals surface area contributed by atoms with E-state index in [2.05, 4.69) is 19.2 Å². The van der Waals surface area contributed by atoms with Gasteiger partial charge in [0.1, 0.15) is 5.82 Å². The Balaban J connectivity index is 2.50. The van der Waals surface area contributed by atoms with Crippen LogP contribution in [0.2, 0.25) is 0 Å². The van der Waals surface area contributed by atoms with Gasteiger partial charge in [0.25, 0.3) is 0 Å². The van der Waals surface area contributed by atoms with Gasteiger partial charge < -0.3 is 0 Å². The lowest BCUT2D eigenvalue weighted by Crippen LogP contribution is -1.86. The number of benzene rings is 1. The minimum Gasteiger partial charge on any atom is -0.207 e. The summed E-state index contributed by atoms with van der Waals surface area (Å²) in [6.45, 7) is 3.82. The number of rotatable bonds is 4. The van der Waals surface area contributed by atoms with Crippen LogP contribution in [0.4, 0.5) is 4.39 Å². The third-order valence-corrected chi connectivity index (χ3v) is 3.05. The van der Waals surface area contributed by atoms with Crippen LogP contribution in [0, 0.1) is 5.82 Å². The van der Waals surface area contributed by atoms with E-state index in [1.54, 1.807) is 17.8 Å². The van der Waals surface area contributed by atoms with Crippen molar-refractivity contribution in [3.8, 4) is 0 Å². The summed E-state index contributed by atoms with van der Waals surface area (Å²) in [6.07, 6.45) is 0. The highest BCUT2D eigenvalue weighted by Crippen LogP contribution is 2.20. The number of hydrogen-bond acceptors (Lipinski definition) is 2. The van der Waals surface area contributed by atoms with E-state index in [9.17, 15) is 4.39 Å². The van der Waals surface area contributed by atoms with Crippen LogP contribution in [0.3, 0.4) is 0 Å². The molecule has 1 rings (SSSR count). The SMILES string of the molecule is C=C(CS)CSc1cccc(F)c1. The van der Waals surface area contributed by atoms with Gasteiger partial charge in [-0.25, -0.2) is 4.39 Å².